The Morgan fingerprint density at radius 3 is 2.67 bits per heavy atom. The van der Waals surface area contributed by atoms with Crippen LogP contribution in [0.2, 0.25) is 0 Å². The zero-order chi connectivity index (χ0) is 13.1. The highest BCUT2D eigenvalue weighted by atomic mass is 19.2. The molecule has 0 aliphatic heterocycles. The zero-order valence-corrected chi connectivity index (χ0v) is 10.0. The fourth-order valence-corrected chi connectivity index (χ4v) is 1.81. The Morgan fingerprint density at radius 2 is 2.06 bits per heavy atom. The molecule has 1 aromatic carbocycles. The van der Waals surface area contributed by atoms with Gasteiger partial charge in [-0.2, -0.15) is 0 Å². The number of hydrogen-bond donors (Lipinski definition) is 1. The summed E-state index contributed by atoms with van der Waals surface area (Å²) in [6, 6.07) is 3.73. The largest absolute Gasteiger partial charge is 0.325 e. The molecule has 0 fully saturated rings. The SMILES string of the molecule is CCCn1nnc(CN)c1-c1ccc(F)c(F)c1. The van der Waals surface area contributed by atoms with E-state index in [1.54, 1.807) is 4.68 Å². The van der Waals surface area contributed by atoms with Crippen LogP contribution < -0.4 is 5.73 Å². The molecule has 2 aromatic rings. The van der Waals surface area contributed by atoms with Gasteiger partial charge in [0, 0.05) is 18.7 Å². The van der Waals surface area contributed by atoms with E-state index in [1.165, 1.54) is 6.07 Å². The van der Waals surface area contributed by atoms with Gasteiger partial charge in [0.15, 0.2) is 11.6 Å². The summed E-state index contributed by atoms with van der Waals surface area (Å²) in [7, 11) is 0. The Balaban J connectivity index is 2.53. The molecule has 6 heteroatoms. The summed E-state index contributed by atoms with van der Waals surface area (Å²) in [5.74, 6) is -1.76. The van der Waals surface area contributed by atoms with Gasteiger partial charge in [0.25, 0.3) is 0 Å². The van der Waals surface area contributed by atoms with Gasteiger partial charge in [0.2, 0.25) is 0 Å². The van der Waals surface area contributed by atoms with Gasteiger partial charge in [0.05, 0.1) is 5.69 Å². The lowest BCUT2D eigenvalue weighted by Gasteiger charge is -2.07. The molecule has 0 aliphatic carbocycles. The molecule has 1 aromatic heterocycles. The summed E-state index contributed by atoms with van der Waals surface area (Å²) in [4.78, 5) is 0. The lowest BCUT2D eigenvalue weighted by Crippen LogP contribution is -2.04. The Morgan fingerprint density at radius 1 is 1.28 bits per heavy atom. The van der Waals surface area contributed by atoms with E-state index in [1.807, 2.05) is 6.92 Å². The molecule has 0 saturated carbocycles. The Kier molecular flexibility index (Phi) is 3.66. The second-order valence-corrected chi connectivity index (χ2v) is 3.94. The molecule has 1 heterocycles. The van der Waals surface area contributed by atoms with Crippen LogP contribution >= 0.6 is 0 Å². The molecule has 96 valence electrons. The number of nitrogens with two attached hydrogens (primary N) is 1. The van der Waals surface area contributed by atoms with Crippen LogP contribution in [0.15, 0.2) is 18.2 Å². The van der Waals surface area contributed by atoms with Gasteiger partial charge < -0.3 is 5.73 Å². The van der Waals surface area contributed by atoms with Crippen LogP contribution in [0.1, 0.15) is 19.0 Å². The summed E-state index contributed by atoms with van der Waals surface area (Å²) < 4.78 is 27.9. The molecular weight excluding hydrogens is 238 g/mol. The molecule has 0 aliphatic rings. The fraction of sp³-hybridized carbons (Fsp3) is 0.333. The Labute approximate surface area is 103 Å². The van der Waals surface area contributed by atoms with Crippen molar-refractivity contribution in [2.75, 3.05) is 0 Å². The third-order valence-electron chi connectivity index (χ3n) is 2.63. The minimum absolute atomic E-state index is 0.206. The molecule has 2 N–H and O–H groups in total. The molecule has 0 spiro atoms. The van der Waals surface area contributed by atoms with Gasteiger partial charge in [-0.05, 0) is 24.6 Å². The van der Waals surface area contributed by atoms with Gasteiger partial charge in [0.1, 0.15) is 5.69 Å². The van der Waals surface area contributed by atoms with Crippen LogP contribution in [0, 0.1) is 11.6 Å². The van der Waals surface area contributed by atoms with E-state index in [9.17, 15) is 8.78 Å². The van der Waals surface area contributed by atoms with Crippen molar-refractivity contribution < 1.29 is 8.78 Å². The maximum absolute atomic E-state index is 13.3. The van der Waals surface area contributed by atoms with E-state index in [2.05, 4.69) is 10.3 Å². The molecule has 0 unspecified atom stereocenters. The Bertz CT molecular complexity index is 551. The molecule has 18 heavy (non-hydrogen) atoms. The van der Waals surface area contributed by atoms with Crippen molar-refractivity contribution in [3.8, 4) is 11.3 Å². The van der Waals surface area contributed by atoms with Crippen molar-refractivity contribution in [2.45, 2.75) is 26.4 Å². The summed E-state index contributed by atoms with van der Waals surface area (Å²) in [5.41, 5.74) is 7.35. The highest BCUT2D eigenvalue weighted by molar-refractivity contribution is 5.62. The van der Waals surface area contributed by atoms with Crippen LogP contribution in [0.4, 0.5) is 8.78 Å². The van der Waals surface area contributed by atoms with Crippen LogP contribution in [-0.4, -0.2) is 15.0 Å². The second-order valence-electron chi connectivity index (χ2n) is 3.94. The third-order valence-corrected chi connectivity index (χ3v) is 2.63. The third kappa shape index (κ3) is 2.24. The van der Waals surface area contributed by atoms with Gasteiger partial charge in [-0.25, -0.2) is 13.5 Å². The Hall–Kier alpha value is -1.82. The molecule has 0 radical (unpaired) electrons. The van der Waals surface area contributed by atoms with Crippen LogP contribution in [0.25, 0.3) is 11.3 Å². The van der Waals surface area contributed by atoms with Crippen LogP contribution in [0.3, 0.4) is 0 Å². The highest BCUT2D eigenvalue weighted by Crippen LogP contribution is 2.24. The fourth-order valence-electron chi connectivity index (χ4n) is 1.81. The average molecular weight is 252 g/mol. The molecule has 0 saturated heterocycles. The van der Waals surface area contributed by atoms with E-state index in [-0.39, 0.29) is 6.54 Å². The molecule has 4 nitrogen and oxygen atoms in total. The number of benzene rings is 1. The minimum atomic E-state index is -0.889. The maximum atomic E-state index is 13.3. The number of nitrogens with zero attached hydrogens (tertiary/aromatic N) is 3. The van der Waals surface area contributed by atoms with Crippen LogP contribution in [-0.2, 0) is 13.1 Å². The first-order chi connectivity index (χ1) is 8.67. The molecular formula is C12H14F2N4. The van der Waals surface area contributed by atoms with Crippen LogP contribution in [0.5, 0.6) is 0 Å². The molecule has 2 rings (SSSR count). The van der Waals surface area contributed by atoms with Crippen molar-refractivity contribution in [1.82, 2.24) is 15.0 Å². The quantitative estimate of drug-likeness (QED) is 0.906. The van der Waals surface area contributed by atoms with E-state index in [0.717, 1.165) is 18.6 Å². The van der Waals surface area contributed by atoms with Crippen molar-refractivity contribution in [2.24, 2.45) is 5.73 Å². The van der Waals surface area contributed by atoms with Crippen molar-refractivity contribution in [1.29, 1.82) is 0 Å². The summed E-state index contributed by atoms with van der Waals surface area (Å²) in [6.07, 6.45) is 0.865. The lowest BCUT2D eigenvalue weighted by molar-refractivity contribution is 0.508. The zero-order valence-electron chi connectivity index (χ0n) is 10.0. The number of rotatable bonds is 4. The maximum Gasteiger partial charge on any atom is 0.159 e. The van der Waals surface area contributed by atoms with E-state index in [0.29, 0.717) is 23.5 Å². The second kappa shape index (κ2) is 5.22. The monoisotopic (exact) mass is 252 g/mol. The lowest BCUT2D eigenvalue weighted by atomic mass is 10.1. The van der Waals surface area contributed by atoms with Crippen molar-refractivity contribution >= 4 is 0 Å². The van der Waals surface area contributed by atoms with E-state index in [4.69, 9.17) is 5.73 Å². The molecule has 0 amide bonds. The molecule has 0 bridgehead atoms. The number of aromatic nitrogens is 3. The van der Waals surface area contributed by atoms with Gasteiger partial charge in [-0.1, -0.05) is 12.1 Å². The molecule has 0 atom stereocenters. The number of halogens is 2. The smallest absolute Gasteiger partial charge is 0.159 e. The van der Waals surface area contributed by atoms with Crippen molar-refractivity contribution in [3.05, 3.63) is 35.5 Å². The predicted octanol–water partition coefficient (Wildman–Crippen LogP) is 2.09. The predicted molar refractivity (Wildman–Crippen MR) is 63.6 cm³/mol. The normalized spacial score (nSPS) is 10.9. The standard InChI is InChI=1S/C12H14F2N4/c1-2-5-18-12(11(7-15)16-17-18)8-3-4-9(13)10(14)6-8/h3-4,6H,2,5,7,15H2,1H3. The summed E-state index contributed by atoms with van der Waals surface area (Å²) in [6.45, 7) is 2.86. The summed E-state index contributed by atoms with van der Waals surface area (Å²) >= 11 is 0. The number of aryl methyl sites for hydroxylation is 1. The number of hydrogen-bond acceptors (Lipinski definition) is 3. The van der Waals surface area contributed by atoms with E-state index < -0.39 is 11.6 Å². The van der Waals surface area contributed by atoms with E-state index >= 15 is 0 Å². The topological polar surface area (TPSA) is 56.7 Å². The van der Waals surface area contributed by atoms with Gasteiger partial charge in [-0.3, -0.25) is 0 Å². The summed E-state index contributed by atoms with van der Waals surface area (Å²) in [5, 5.41) is 7.93. The van der Waals surface area contributed by atoms with Crippen molar-refractivity contribution in [3.63, 3.8) is 0 Å². The first-order valence-corrected chi connectivity index (χ1v) is 5.75. The van der Waals surface area contributed by atoms with Gasteiger partial charge >= 0.3 is 0 Å². The highest BCUT2D eigenvalue weighted by Gasteiger charge is 2.15. The minimum Gasteiger partial charge on any atom is -0.325 e. The first-order valence-electron chi connectivity index (χ1n) is 5.75. The first kappa shape index (κ1) is 12.6. The average Bonchev–Trinajstić information content (AvgIpc) is 2.76. The van der Waals surface area contributed by atoms with Gasteiger partial charge in [-0.15, -0.1) is 5.10 Å².